The van der Waals surface area contributed by atoms with Crippen molar-refractivity contribution in [3.8, 4) is 0 Å². The zero-order chi connectivity index (χ0) is 7.68. The molecule has 3 unspecified atom stereocenters. The van der Waals surface area contributed by atoms with Gasteiger partial charge >= 0.3 is 0 Å². The number of fused-ring (bicyclic) bond motifs is 2. The van der Waals surface area contributed by atoms with Gasteiger partial charge < -0.3 is 4.74 Å². The molecule has 2 heterocycles. The molecule has 64 valence electrons. The summed E-state index contributed by atoms with van der Waals surface area (Å²) in [4.78, 5) is 0. The molecular weight excluding hydrogens is 152 g/mol. The molecule has 0 spiro atoms. The minimum atomic E-state index is 0.308. The van der Waals surface area contributed by atoms with Gasteiger partial charge in [0, 0.05) is 15.9 Å². The van der Waals surface area contributed by atoms with E-state index in [1.54, 1.807) is 0 Å². The first-order valence-electron chi connectivity index (χ1n) is 5.05. The van der Waals surface area contributed by atoms with Gasteiger partial charge in [-0.05, 0) is 18.8 Å². The van der Waals surface area contributed by atoms with E-state index in [1.807, 2.05) is 0 Å². The third kappa shape index (κ3) is 1.52. The van der Waals surface area contributed by atoms with Gasteiger partial charge in [-0.2, -0.15) is 0 Å². The second kappa shape index (κ2) is 3.28. The summed E-state index contributed by atoms with van der Waals surface area (Å²) in [7, 11) is 0.308. The lowest BCUT2D eigenvalue weighted by atomic mass is 9.79. The Kier molecular flexibility index (Phi) is 2.32. The molecule has 2 bridgehead atoms. The second-order valence-corrected chi connectivity index (χ2v) is 5.72. The molecule has 1 saturated carbocycles. The number of rotatable bonds is 3. The molecule has 0 aromatic heterocycles. The van der Waals surface area contributed by atoms with E-state index in [-0.39, 0.29) is 0 Å². The maximum absolute atomic E-state index is 5.70. The van der Waals surface area contributed by atoms with E-state index in [0.29, 0.717) is 21.7 Å². The highest BCUT2D eigenvalue weighted by Crippen LogP contribution is 2.40. The molecule has 3 rings (SSSR count). The Morgan fingerprint density at radius 1 is 1.45 bits per heavy atom. The highest BCUT2D eigenvalue weighted by molar-refractivity contribution is 6.33. The van der Waals surface area contributed by atoms with Crippen LogP contribution in [0, 0.1) is 5.92 Å². The molecule has 2 aliphatic heterocycles. The van der Waals surface area contributed by atoms with E-state index < -0.39 is 0 Å². The Bertz CT molecular complexity index is 129. The van der Waals surface area contributed by atoms with Gasteiger partial charge in [-0.1, -0.05) is 19.0 Å². The smallest absolute Gasteiger partial charge is 0.0631 e. The van der Waals surface area contributed by atoms with Crippen molar-refractivity contribution in [1.82, 2.24) is 0 Å². The van der Waals surface area contributed by atoms with Gasteiger partial charge in [-0.3, -0.25) is 0 Å². The standard InChI is InChI=1S/C9H18OSi/c1-11-5-4-7-2-3-8-6-9(7)10-8/h7-9H,2-6,11H2,1H3. The number of hydrogen-bond acceptors (Lipinski definition) is 1. The van der Waals surface area contributed by atoms with Crippen LogP contribution in [-0.4, -0.2) is 21.7 Å². The van der Waals surface area contributed by atoms with Crippen molar-refractivity contribution >= 4 is 9.52 Å². The zero-order valence-corrected chi connectivity index (χ0v) is 8.80. The van der Waals surface area contributed by atoms with Crippen molar-refractivity contribution < 1.29 is 4.74 Å². The summed E-state index contributed by atoms with van der Waals surface area (Å²) in [5.41, 5.74) is 0. The zero-order valence-electron chi connectivity index (χ0n) is 7.38. The van der Waals surface area contributed by atoms with E-state index in [2.05, 4.69) is 6.55 Å². The first kappa shape index (κ1) is 7.81. The third-order valence-electron chi connectivity index (χ3n) is 3.18. The molecule has 3 fully saturated rings. The van der Waals surface area contributed by atoms with E-state index in [9.17, 15) is 0 Å². The fourth-order valence-electron chi connectivity index (χ4n) is 2.37. The Morgan fingerprint density at radius 3 is 2.82 bits per heavy atom. The molecule has 0 radical (unpaired) electrons. The Labute approximate surface area is 71.3 Å². The quantitative estimate of drug-likeness (QED) is 0.584. The molecule has 2 saturated heterocycles. The summed E-state index contributed by atoms with van der Waals surface area (Å²) in [6, 6.07) is 1.54. The topological polar surface area (TPSA) is 9.23 Å². The minimum absolute atomic E-state index is 0.308. The molecule has 0 amide bonds. The van der Waals surface area contributed by atoms with Crippen molar-refractivity contribution in [3.05, 3.63) is 0 Å². The van der Waals surface area contributed by atoms with Crippen LogP contribution in [-0.2, 0) is 4.74 Å². The highest BCUT2D eigenvalue weighted by atomic mass is 28.2. The first-order valence-corrected chi connectivity index (χ1v) is 7.47. The van der Waals surface area contributed by atoms with Gasteiger partial charge in [0.05, 0.1) is 12.2 Å². The van der Waals surface area contributed by atoms with Gasteiger partial charge in [0.1, 0.15) is 0 Å². The highest BCUT2D eigenvalue weighted by Gasteiger charge is 2.40. The SMILES string of the molecule is C[SiH2]CCC1CCC2CC1O2. The summed E-state index contributed by atoms with van der Waals surface area (Å²) in [6.07, 6.45) is 7.04. The van der Waals surface area contributed by atoms with Crippen LogP contribution < -0.4 is 0 Å². The molecule has 0 aromatic rings. The van der Waals surface area contributed by atoms with Crippen molar-refractivity contribution in [2.45, 2.75) is 50.5 Å². The van der Waals surface area contributed by atoms with Gasteiger partial charge in [-0.15, -0.1) is 0 Å². The van der Waals surface area contributed by atoms with Crippen LogP contribution >= 0.6 is 0 Å². The van der Waals surface area contributed by atoms with Crippen LogP contribution in [0.25, 0.3) is 0 Å². The first-order chi connectivity index (χ1) is 5.40. The molecule has 0 N–H and O–H groups in total. The molecule has 11 heavy (non-hydrogen) atoms. The Morgan fingerprint density at radius 2 is 2.27 bits per heavy atom. The normalized spacial score (nSPS) is 42.8. The fourth-order valence-corrected chi connectivity index (χ4v) is 3.30. The third-order valence-corrected chi connectivity index (χ3v) is 4.29. The van der Waals surface area contributed by atoms with Crippen LogP contribution in [0.5, 0.6) is 0 Å². The van der Waals surface area contributed by atoms with Crippen LogP contribution in [0.2, 0.25) is 12.6 Å². The van der Waals surface area contributed by atoms with E-state index in [0.717, 1.165) is 5.92 Å². The summed E-state index contributed by atoms with van der Waals surface area (Å²) in [6.45, 7) is 2.41. The molecule has 2 heteroatoms. The molecule has 3 aliphatic rings. The van der Waals surface area contributed by atoms with Gasteiger partial charge in [0.15, 0.2) is 0 Å². The van der Waals surface area contributed by atoms with Crippen molar-refractivity contribution in [2.24, 2.45) is 5.92 Å². The summed E-state index contributed by atoms with van der Waals surface area (Å²) in [5, 5.41) is 0. The number of hydrogen-bond donors (Lipinski definition) is 0. The van der Waals surface area contributed by atoms with Crippen LogP contribution in [0.1, 0.15) is 25.7 Å². The average molecular weight is 170 g/mol. The largest absolute Gasteiger partial charge is 0.375 e. The van der Waals surface area contributed by atoms with Crippen LogP contribution in [0.15, 0.2) is 0 Å². The fraction of sp³-hybridized carbons (Fsp3) is 1.00. The average Bonchev–Trinajstić information content (AvgIpc) is 2.00. The molecule has 0 aromatic carbocycles. The Hall–Kier alpha value is 0.177. The summed E-state index contributed by atoms with van der Waals surface area (Å²) >= 11 is 0. The minimum Gasteiger partial charge on any atom is -0.375 e. The molecule has 1 aliphatic carbocycles. The summed E-state index contributed by atoms with van der Waals surface area (Å²) < 4.78 is 5.70. The molecular formula is C9H18OSi. The number of ether oxygens (including phenoxy) is 1. The molecule has 1 nitrogen and oxygen atoms in total. The predicted molar refractivity (Wildman–Crippen MR) is 49.8 cm³/mol. The van der Waals surface area contributed by atoms with Gasteiger partial charge in [0.2, 0.25) is 0 Å². The van der Waals surface area contributed by atoms with E-state index in [4.69, 9.17) is 4.74 Å². The monoisotopic (exact) mass is 170 g/mol. The molecule has 3 atom stereocenters. The predicted octanol–water partition coefficient (Wildman–Crippen LogP) is 1.58. The van der Waals surface area contributed by atoms with Crippen LogP contribution in [0.3, 0.4) is 0 Å². The Balaban J connectivity index is 1.75. The lowest BCUT2D eigenvalue weighted by Crippen LogP contribution is -2.47. The van der Waals surface area contributed by atoms with Gasteiger partial charge in [-0.25, -0.2) is 0 Å². The van der Waals surface area contributed by atoms with E-state index in [1.165, 1.54) is 31.7 Å². The van der Waals surface area contributed by atoms with Crippen molar-refractivity contribution in [3.63, 3.8) is 0 Å². The maximum Gasteiger partial charge on any atom is 0.0631 e. The lowest BCUT2D eigenvalue weighted by Gasteiger charge is -2.46. The van der Waals surface area contributed by atoms with Crippen molar-refractivity contribution in [1.29, 1.82) is 0 Å². The van der Waals surface area contributed by atoms with E-state index >= 15 is 0 Å². The van der Waals surface area contributed by atoms with Crippen molar-refractivity contribution in [2.75, 3.05) is 0 Å². The van der Waals surface area contributed by atoms with Crippen LogP contribution in [0.4, 0.5) is 0 Å². The second-order valence-electron chi connectivity index (χ2n) is 4.01. The summed E-state index contributed by atoms with van der Waals surface area (Å²) in [5.74, 6) is 0.951. The maximum atomic E-state index is 5.70. The lowest BCUT2D eigenvalue weighted by molar-refractivity contribution is -0.185. The van der Waals surface area contributed by atoms with Gasteiger partial charge in [0.25, 0.3) is 0 Å².